The van der Waals surface area contributed by atoms with E-state index in [0.717, 1.165) is 5.82 Å². The number of nitrogens with zero attached hydrogens (tertiary/aromatic N) is 2. The summed E-state index contributed by atoms with van der Waals surface area (Å²) in [6, 6.07) is 0. The molecule has 0 fully saturated rings. The van der Waals surface area contributed by atoms with Crippen molar-refractivity contribution in [3.8, 4) is 0 Å². The van der Waals surface area contributed by atoms with Crippen molar-refractivity contribution in [2.45, 2.75) is 26.7 Å². The van der Waals surface area contributed by atoms with Gasteiger partial charge in [-0.05, 0) is 18.4 Å². The summed E-state index contributed by atoms with van der Waals surface area (Å²) in [5.74, 6) is 1.64. The first-order valence-corrected chi connectivity index (χ1v) is 6.06. The van der Waals surface area contributed by atoms with Gasteiger partial charge in [-0.2, -0.15) is 0 Å². The third-order valence-electron chi connectivity index (χ3n) is 3.08. The topological polar surface area (TPSA) is 6.48 Å². The van der Waals surface area contributed by atoms with Crippen LogP contribution < -0.4 is 9.80 Å². The van der Waals surface area contributed by atoms with Gasteiger partial charge in [0.05, 0.1) is 5.69 Å². The molecule has 0 amide bonds. The Kier molecular flexibility index (Phi) is 2.30. The molecule has 2 heterocycles. The first kappa shape index (κ1) is 10.6. The standard InChI is InChI=1S/C12H18N2S/c1-7(2)10-8(3)15-12-11(10)13(5)9(4)14(12)6/h7H,4H2,1-3,5-6H3. The quantitative estimate of drug-likeness (QED) is 0.717. The summed E-state index contributed by atoms with van der Waals surface area (Å²) in [4.78, 5) is 5.81. The number of aryl methyl sites for hydroxylation is 1. The Hall–Kier alpha value is -0.960. The lowest BCUT2D eigenvalue weighted by Crippen LogP contribution is -2.21. The smallest absolute Gasteiger partial charge is 0.121 e. The fourth-order valence-electron chi connectivity index (χ4n) is 2.23. The van der Waals surface area contributed by atoms with Gasteiger partial charge in [0.25, 0.3) is 0 Å². The largest absolute Gasteiger partial charge is 0.329 e. The zero-order valence-electron chi connectivity index (χ0n) is 10.1. The molecule has 3 heteroatoms. The fraction of sp³-hybridized carbons (Fsp3) is 0.500. The van der Waals surface area contributed by atoms with Crippen molar-refractivity contribution in [1.82, 2.24) is 0 Å². The molecule has 1 aliphatic rings. The maximum absolute atomic E-state index is 4.09. The molecular formula is C12H18N2S. The number of anilines is 2. The highest BCUT2D eigenvalue weighted by Gasteiger charge is 2.31. The van der Waals surface area contributed by atoms with Crippen LogP contribution in [0.15, 0.2) is 12.4 Å². The summed E-state index contributed by atoms with van der Waals surface area (Å²) in [5.41, 5.74) is 2.84. The van der Waals surface area contributed by atoms with Crippen LogP contribution in [0.5, 0.6) is 0 Å². The van der Waals surface area contributed by atoms with E-state index in [0.29, 0.717) is 5.92 Å². The van der Waals surface area contributed by atoms with Gasteiger partial charge in [0, 0.05) is 19.0 Å². The van der Waals surface area contributed by atoms with Crippen molar-refractivity contribution in [2.75, 3.05) is 23.9 Å². The molecule has 0 saturated carbocycles. The monoisotopic (exact) mass is 222 g/mol. The zero-order valence-corrected chi connectivity index (χ0v) is 10.9. The van der Waals surface area contributed by atoms with Crippen molar-refractivity contribution < 1.29 is 0 Å². The molecule has 1 aliphatic heterocycles. The van der Waals surface area contributed by atoms with Gasteiger partial charge in [-0.25, -0.2) is 0 Å². The molecule has 0 N–H and O–H groups in total. The van der Waals surface area contributed by atoms with Gasteiger partial charge in [-0.1, -0.05) is 20.4 Å². The van der Waals surface area contributed by atoms with Crippen LogP contribution in [0.25, 0.3) is 0 Å². The van der Waals surface area contributed by atoms with Gasteiger partial charge in [0.2, 0.25) is 0 Å². The first-order valence-electron chi connectivity index (χ1n) is 5.24. The molecule has 0 radical (unpaired) electrons. The van der Waals surface area contributed by atoms with Crippen LogP contribution in [0.1, 0.15) is 30.2 Å². The maximum atomic E-state index is 4.09. The lowest BCUT2D eigenvalue weighted by Gasteiger charge is -2.19. The van der Waals surface area contributed by atoms with Crippen LogP contribution in [0.2, 0.25) is 0 Å². The van der Waals surface area contributed by atoms with Gasteiger partial charge < -0.3 is 9.80 Å². The number of fused-ring (bicyclic) bond motifs is 1. The molecule has 0 aromatic carbocycles. The summed E-state index contributed by atoms with van der Waals surface area (Å²) in [7, 11) is 4.19. The second kappa shape index (κ2) is 3.27. The van der Waals surface area contributed by atoms with Crippen molar-refractivity contribution >= 4 is 22.0 Å². The third-order valence-corrected chi connectivity index (χ3v) is 4.27. The minimum Gasteiger partial charge on any atom is -0.329 e. The predicted molar refractivity (Wildman–Crippen MR) is 69.1 cm³/mol. The Bertz CT molecular complexity index is 418. The van der Waals surface area contributed by atoms with Crippen LogP contribution in [0.4, 0.5) is 10.7 Å². The third kappa shape index (κ3) is 1.29. The number of rotatable bonds is 1. The summed E-state index contributed by atoms with van der Waals surface area (Å²) in [6.45, 7) is 10.8. The molecule has 82 valence electrons. The minimum absolute atomic E-state index is 0.576. The highest BCUT2D eigenvalue weighted by atomic mass is 32.1. The molecule has 2 nitrogen and oxygen atoms in total. The molecule has 0 saturated heterocycles. The normalized spacial score (nSPS) is 15.5. The summed E-state index contributed by atoms with van der Waals surface area (Å²) >= 11 is 1.87. The Morgan fingerprint density at radius 1 is 1.20 bits per heavy atom. The Labute approximate surface area is 95.8 Å². The Morgan fingerprint density at radius 2 is 1.80 bits per heavy atom. The average molecular weight is 222 g/mol. The van der Waals surface area contributed by atoms with E-state index in [4.69, 9.17) is 0 Å². The van der Waals surface area contributed by atoms with Crippen molar-refractivity contribution in [2.24, 2.45) is 0 Å². The first-order chi connectivity index (χ1) is 6.95. The molecule has 2 rings (SSSR count). The number of thiophene rings is 1. The Morgan fingerprint density at radius 3 is 2.33 bits per heavy atom. The summed E-state index contributed by atoms with van der Waals surface area (Å²) in [5, 5.41) is 1.34. The van der Waals surface area contributed by atoms with Crippen LogP contribution in [-0.2, 0) is 0 Å². The van der Waals surface area contributed by atoms with E-state index in [2.05, 4.69) is 51.2 Å². The molecule has 0 bridgehead atoms. The molecule has 0 unspecified atom stereocenters. The highest BCUT2D eigenvalue weighted by molar-refractivity contribution is 7.17. The van der Waals surface area contributed by atoms with E-state index in [1.165, 1.54) is 21.1 Å². The summed E-state index contributed by atoms with van der Waals surface area (Å²) in [6.07, 6.45) is 0. The molecule has 1 aromatic heterocycles. The van der Waals surface area contributed by atoms with Gasteiger partial charge >= 0.3 is 0 Å². The molecule has 15 heavy (non-hydrogen) atoms. The van der Waals surface area contributed by atoms with Crippen molar-refractivity contribution in [3.63, 3.8) is 0 Å². The molecule has 1 aromatic rings. The molecule has 0 spiro atoms. The van der Waals surface area contributed by atoms with Crippen molar-refractivity contribution in [1.29, 1.82) is 0 Å². The zero-order chi connectivity index (χ0) is 11.3. The second-order valence-corrected chi connectivity index (χ2v) is 5.62. The van der Waals surface area contributed by atoms with Crippen LogP contribution in [0.3, 0.4) is 0 Å². The van der Waals surface area contributed by atoms with Crippen LogP contribution >= 0.6 is 11.3 Å². The van der Waals surface area contributed by atoms with Crippen molar-refractivity contribution in [3.05, 3.63) is 22.8 Å². The number of hydrogen-bond donors (Lipinski definition) is 0. The number of hydrogen-bond acceptors (Lipinski definition) is 3. The lowest BCUT2D eigenvalue weighted by molar-refractivity contribution is 0.860. The predicted octanol–water partition coefficient (Wildman–Crippen LogP) is 3.54. The highest BCUT2D eigenvalue weighted by Crippen LogP contribution is 2.51. The molecular weight excluding hydrogens is 204 g/mol. The van der Waals surface area contributed by atoms with Crippen LogP contribution in [0, 0.1) is 6.92 Å². The van der Waals surface area contributed by atoms with Crippen LogP contribution in [-0.4, -0.2) is 14.1 Å². The van der Waals surface area contributed by atoms with Gasteiger partial charge in [-0.15, -0.1) is 11.3 Å². The van der Waals surface area contributed by atoms with E-state index >= 15 is 0 Å². The maximum Gasteiger partial charge on any atom is 0.121 e. The minimum atomic E-state index is 0.576. The molecule has 0 aliphatic carbocycles. The van der Waals surface area contributed by atoms with E-state index < -0.39 is 0 Å². The fourth-order valence-corrected chi connectivity index (χ4v) is 3.55. The van der Waals surface area contributed by atoms with Gasteiger partial charge in [0.1, 0.15) is 10.8 Å². The SMILES string of the molecule is C=C1N(C)c2sc(C)c(C(C)C)c2N1C. The van der Waals surface area contributed by atoms with E-state index in [9.17, 15) is 0 Å². The van der Waals surface area contributed by atoms with E-state index in [1.807, 2.05) is 11.3 Å². The van der Waals surface area contributed by atoms with Gasteiger partial charge in [0.15, 0.2) is 0 Å². The van der Waals surface area contributed by atoms with E-state index in [-0.39, 0.29) is 0 Å². The second-order valence-electron chi connectivity index (χ2n) is 4.41. The summed E-state index contributed by atoms with van der Waals surface area (Å²) < 4.78 is 0. The van der Waals surface area contributed by atoms with Gasteiger partial charge in [-0.3, -0.25) is 0 Å². The molecule has 0 atom stereocenters. The average Bonchev–Trinajstić information content (AvgIpc) is 2.59. The van der Waals surface area contributed by atoms with E-state index in [1.54, 1.807) is 0 Å². The Balaban J connectivity index is 2.64. The lowest BCUT2D eigenvalue weighted by atomic mass is 10.0.